The molecule has 92 valence electrons. The van der Waals surface area contributed by atoms with Crippen LogP contribution in [-0.4, -0.2) is 23.3 Å². The molecule has 1 heterocycles. The van der Waals surface area contributed by atoms with Gasteiger partial charge in [0.1, 0.15) is 0 Å². The number of ketones is 1. The molecule has 3 nitrogen and oxygen atoms in total. The lowest BCUT2D eigenvalue weighted by Crippen LogP contribution is -2.43. The number of carbonyl (C=O) groups excluding carboxylic acids is 1. The Labute approximate surface area is 102 Å². The summed E-state index contributed by atoms with van der Waals surface area (Å²) in [7, 11) is 0. The molecule has 1 aromatic rings. The first-order valence-corrected chi connectivity index (χ1v) is 5.83. The third-order valence-electron chi connectivity index (χ3n) is 3.18. The van der Waals surface area contributed by atoms with E-state index in [1.807, 2.05) is 39.0 Å². The fraction of sp³-hybridized carbons (Fsp3) is 0.500. The summed E-state index contributed by atoms with van der Waals surface area (Å²) in [6, 6.07) is 9.19. The van der Waals surface area contributed by atoms with Crippen molar-refractivity contribution in [3.63, 3.8) is 0 Å². The van der Waals surface area contributed by atoms with Crippen molar-refractivity contribution in [2.45, 2.75) is 45.2 Å². The zero-order valence-corrected chi connectivity index (χ0v) is 10.7. The summed E-state index contributed by atoms with van der Waals surface area (Å²) >= 11 is 0. The average Bonchev–Trinajstić information content (AvgIpc) is 2.48. The van der Waals surface area contributed by atoms with Crippen molar-refractivity contribution in [2.75, 3.05) is 0 Å². The highest BCUT2D eigenvalue weighted by Gasteiger charge is 2.52. The topological polar surface area (TPSA) is 35.5 Å². The molecular formula is C14H18O3. The summed E-state index contributed by atoms with van der Waals surface area (Å²) in [4.78, 5) is 12.5. The van der Waals surface area contributed by atoms with E-state index in [1.54, 1.807) is 19.1 Å². The van der Waals surface area contributed by atoms with Crippen molar-refractivity contribution in [3.8, 4) is 0 Å². The van der Waals surface area contributed by atoms with Crippen LogP contribution in [0, 0.1) is 0 Å². The first kappa shape index (κ1) is 12.3. The van der Waals surface area contributed by atoms with Gasteiger partial charge in [-0.3, -0.25) is 4.79 Å². The molecular weight excluding hydrogens is 216 g/mol. The van der Waals surface area contributed by atoms with Crippen molar-refractivity contribution in [1.82, 2.24) is 0 Å². The van der Waals surface area contributed by atoms with Crippen LogP contribution in [0.2, 0.25) is 0 Å². The summed E-state index contributed by atoms with van der Waals surface area (Å²) in [5.41, 5.74) is -0.256. The fourth-order valence-electron chi connectivity index (χ4n) is 2.26. The second kappa shape index (κ2) is 3.93. The maximum atomic E-state index is 12.5. The van der Waals surface area contributed by atoms with Gasteiger partial charge in [0.25, 0.3) is 0 Å². The van der Waals surface area contributed by atoms with Crippen LogP contribution in [0.15, 0.2) is 30.3 Å². The van der Waals surface area contributed by atoms with Gasteiger partial charge in [-0.2, -0.15) is 0 Å². The van der Waals surface area contributed by atoms with Gasteiger partial charge in [-0.25, -0.2) is 0 Å². The monoisotopic (exact) mass is 234 g/mol. The minimum Gasteiger partial charge on any atom is -0.344 e. The van der Waals surface area contributed by atoms with Crippen LogP contribution in [0.25, 0.3) is 0 Å². The molecule has 0 radical (unpaired) electrons. The van der Waals surface area contributed by atoms with Crippen LogP contribution in [0.3, 0.4) is 0 Å². The number of hydrogen-bond donors (Lipinski definition) is 0. The molecule has 0 aliphatic carbocycles. The number of rotatable bonds is 2. The first-order valence-electron chi connectivity index (χ1n) is 5.83. The van der Waals surface area contributed by atoms with Crippen LogP contribution in [-0.2, 0) is 9.47 Å². The standard InChI is InChI=1S/C14H18O3/c1-10-14(4,17-13(2,3)16-10)12(15)11-8-6-5-7-9-11/h5-10H,1-4H3. The van der Waals surface area contributed by atoms with E-state index in [1.165, 1.54) is 0 Å². The van der Waals surface area contributed by atoms with E-state index in [9.17, 15) is 4.79 Å². The molecule has 2 atom stereocenters. The fourth-order valence-corrected chi connectivity index (χ4v) is 2.26. The van der Waals surface area contributed by atoms with Crippen molar-refractivity contribution in [3.05, 3.63) is 35.9 Å². The van der Waals surface area contributed by atoms with Gasteiger partial charge < -0.3 is 9.47 Å². The molecule has 1 saturated heterocycles. The summed E-state index contributed by atoms with van der Waals surface area (Å²) in [6.07, 6.45) is -0.259. The highest BCUT2D eigenvalue weighted by Crippen LogP contribution is 2.38. The molecule has 2 unspecified atom stereocenters. The second-order valence-corrected chi connectivity index (χ2v) is 5.06. The summed E-state index contributed by atoms with van der Waals surface area (Å²) < 4.78 is 11.5. The molecule has 0 aromatic heterocycles. The lowest BCUT2D eigenvalue weighted by Gasteiger charge is -2.25. The van der Waals surface area contributed by atoms with Crippen molar-refractivity contribution < 1.29 is 14.3 Å². The highest BCUT2D eigenvalue weighted by atomic mass is 16.8. The Morgan fingerprint density at radius 2 is 1.76 bits per heavy atom. The number of carbonyl (C=O) groups is 1. The lowest BCUT2D eigenvalue weighted by atomic mass is 9.90. The van der Waals surface area contributed by atoms with Gasteiger partial charge in [-0.05, 0) is 27.7 Å². The molecule has 0 spiro atoms. The van der Waals surface area contributed by atoms with Gasteiger partial charge in [0.05, 0.1) is 6.10 Å². The Morgan fingerprint density at radius 3 is 2.24 bits per heavy atom. The quantitative estimate of drug-likeness (QED) is 0.738. The van der Waals surface area contributed by atoms with Gasteiger partial charge >= 0.3 is 0 Å². The Balaban J connectivity index is 2.31. The summed E-state index contributed by atoms with van der Waals surface area (Å²) in [5, 5.41) is 0. The van der Waals surface area contributed by atoms with Gasteiger partial charge in [-0.15, -0.1) is 0 Å². The van der Waals surface area contributed by atoms with Crippen LogP contribution in [0.5, 0.6) is 0 Å². The first-order chi connectivity index (χ1) is 7.85. The van der Waals surface area contributed by atoms with Gasteiger partial charge in [0.15, 0.2) is 17.2 Å². The van der Waals surface area contributed by atoms with Crippen molar-refractivity contribution >= 4 is 5.78 Å². The van der Waals surface area contributed by atoms with E-state index in [0.717, 1.165) is 0 Å². The predicted molar refractivity (Wildman–Crippen MR) is 64.9 cm³/mol. The minimum atomic E-state index is -0.912. The van der Waals surface area contributed by atoms with Gasteiger partial charge in [0, 0.05) is 5.56 Å². The molecule has 0 N–H and O–H groups in total. The van der Waals surface area contributed by atoms with Crippen LogP contribution >= 0.6 is 0 Å². The van der Waals surface area contributed by atoms with Crippen LogP contribution in [0.1, 0.15) is 38.1 Å². The molecule has 1 aliphatic rings. The van der Waals surface area contributed by atoms with E-state index in [-0.39, 0.29) is 11.9 Å². The molecule has 1 fully saturated rings. The molecule has 3 heteroatoms. The third-order valence-corrected chi connectivity index (χ3v) is 3.18. The Hall–Kier alpha value is -1.19. The molecule has 2 rings (SSSR count). The van der Waals surface area contributed by atoms with Crippen LogP contribution in [0.4, 0.5) is 0 Å². The van der Waals surface area contributed by atoms with E-state index in [0.29, 0.717) is 5.56 Å². The summed E-state index contributed by atoms with van der Waals surface area (Å²) in [5.74, 6) is -0.741. The minimum absolute atomic E-state index is 0.0313. The predicted octanol–water partition coefficient (Wildman–Crippen LogP) is 2.80. The number of benzene rings is 1. The van der Waals surface area contributed by atoms with Crippen molar-refractivity contribution in [1.29, 1.82) is 0 Å². The van der Waals surface area contributed by atoms with E-state index in [4.69, 9.17) is 9.47 Å². The van der Waals surface area contributed by atoms with Crippen LogP contribution < -0.4 is 0 Å². The maximum Gasteiger partial charge on any atom is 0.197 e. The zero-order valence-electron chi connectivity index (χ0n) is 10.7. The second-order valence-electron chi connectivity index (χ2n) is 5.06. The van der Waals surface area contributed by atoms with E-state index >= 15 is 0 Å². The highest BCUT2D eigenvalue weighted by molar-refractivity contribution is 6.02. The Bertz CT molecular complexity index is 424. The number of hydrogen-bond acceptors (Lipinski definition) is 3. The van der Waals surface area contributed by atoms with Crippen molar-refractivity contribution in [2.24, 2.45) is 0 Å². The summed E-state index contributed by atoms with van der Waals surface area (Å²) in [6.45, 7) is 7.32. The molecule has 1 aromatic carbocycles. The van der Waals surface area contributed by atoms with E-state index < -0.39 is 11.4 Å². The largest absolute Gasteiger partial charge is 0.344 e. The number of ether oxygens (including phenoxy) is 2. The smallest absolute Gasteiger partial charge is 0.197 e. The molecule has 17 heavy (non-hydrogen) atoms. The molecule has 1 aliphatic heterocycles. The normalized spacial score (nSPS) is 31.4. The Morgan fingerprint density at radius 1 is 1.18 bits per heavy atom. The molecule has 0 bridgehead atoms. The average molecular weight is 234 g/mol. The third kappa shape index (κ3) is 2.13. The lowest BCUT2D eigenvalue weighted by molar-refractivity contribution is -0.152. The van der Waals surface area contributed by atoms with Gasteiger partial charge in [-0.1, -0.05) is 30.3 Å². The SMILES string of the molecule is CC1OC(C)(C)OC1(C)C(=O)c1ccccc1. The zero-order chi connectivity index (χ0) is 12.7. The van der Waals surface area contributed by atoms with Gasteiger partial charge in [0.2, 0.25) is 0 Å². The Kier molecular flexibility index (Phi) is 2.84. The van der Waals surface area contributed by atoms with E-state index in [2.05, 4.69) is 0 Å². The molecule has 0 saturated carbocycles. The number of Topliss-reactive ketones (excluding diaryl/α,β-unsaturated/α-hetero) is 1. The maximum absolute atomic E-state index is 12.5. The molecule has 0 amide bonds.